The lowest BCUT2D eigenvalue weighted by Gasteiger charge is -2.20. The minimum Gasteiger partial charge on any atom is -0.480 e. The van der Waals surface area contributed by atoms with Crippen LogP contribution in [-0.2, 0) is 24.0 Å². The Balaban J connectivity index is 4.78. The van der Waals surface area contributed by atoms with E-state index in [0.29, 0.717) is 19.4 Å². The smallest absolute Gasteiger partial charge is 0.328 e. The number of nitrogens with one attached hydrogen (secondary N) is 3. The minimum atomic E-state index is -1.50. The predicted octanol–water partition coefficient (Wildman–Crippen LogP) is -4.52. The first-order valence-corrected chi connectivity index (χ1v) is 8.57. The number of aliphatic hydroxyl groups is 1. The highest BCUT2D eigenvalue weighted by Crippen LogP contribution is 2.02. The van der Waals surface area contributed by atoms with Crippen LogP contribution in [0.25, 0.3) is 0 Å². The van der Waals surface area contributed by atoms with E-state index in [-0.39, 0.29) is 6.42 Å². The molecule has 0 aromatic heterocycles. The lowest BCUT2D eigenvalue weighted by Crippen LogP contribution is -2.54. The largest absolute Gasteiger partial charge is 0.480 e. The summed E-state index contributed by atoms with van der Waals surface area (Å²) in [6, 6.07) is -3.78. The van der Waals surface area contributed by atoms with Crippen LogP contribution in [0.15, 0.2) is 0 Å². The zero-order valence-electron chi connectivity index (χ0n) is 15.3. The number of rotatable bonds is 14. The van der Waals surface area contributed by atoms with Crippen molar-refractivity contribution in [1.82, 2.24) is 16.0 Å². The van der Waals surface area contributed by atoms with Gasteiger partial charge in [-0.15, -0.1) is 0 Å². The van der Waals surface area contributed by atoms with E-state index in [0.717, 1.165) is 0 Å². The van der Waals surface area contributed by atoms with Crippen molar-refractivity contribution in [2.24, 2.45) is 17.2 Å². The first-order valence-electron chi connectivity index (χ1n) is 8.57. The molecule has 0 radical (unpaired) electrons. The number of aliphatic carboxylic acids is 1. The molecule has 0 aromatic carbocycles. The van der Waals surface area contributed by atoms with Gasteiger partial charge in [0.05, 0.1) is 25.6 Å². The van der Waals surface area contributed by atoms with Gasteiger partial charge in [-0.25, -0.2) is 4.79 Å². The summed E-state index contributed by atoms with van der Waals surface area (Å²) >= 11 is 0. The maximum Gasteiger partial charge on any atom is 0.328 e. The molecule has 3 unspecified atom stereocenters. The molecule has 0 heterocycles. The zero-order valence-corrected chi connectivity index (χ0v) is 15.3. The van der Waals surface area contributed by atoms with Crippen LogP contribution in [0.2, 0.25) is 0 Å². The van der Waals surface area contributed by atoms with Gasteiger partial charge in [-0.05, 0) is 25.8 Å². The van der Waals surface area contributed by atoms with Crippen molar-refractivity contribution in [1.29, 1.82) is 0 Å². The summed E-state index contributed by atoms with van der Waals surface area (Å²) in [7, 11) is 0. The molecule has 0 aliphatic carbocycles. The highest BCUT2D eigenvalue weighted by atomic mass is 16.4. The van der Waals surface area contributed by atoms with Gasteiger partial charge in [-0.3, -0.25) is 19.2 Å². The fourth-order valence-electron chi connectivity index (χ4n) is 2.07. The van der Waals surface area contributed by atoms with Crippen molar-refractivity contribution in [2.75, 3.05) is 19.7 Å². The van der Waals surface area contributed by atoms with Crippen molar-refractivity contribution in [3.05, 3.63) is 0 Å². The molecular weight excluding hydrogens is 376 g/mol. The molecule has 0 saturated carbocycles. The van der Waals surface area contributed by atoms with Crippen LogP contribution in [0.3, 0.4) is 0 Å². The maximum atomic E-state index is 12.3. The third kappa shape index (κ3) is 10.4. The Morgan fingerprint density at radius 2 is 1.61 bits per heavy atom. The number of carboxylic acid groups (broad SMARTS) is 1. The van der Waals surface area contributed by atoms with E-state index in [1.54, 1.807) is 0 Å². The zero-order chi connectivity index (χ0) is 21.7. The maximum absolute atomic E-state index is 12.3. The quantitative estimate of drug-likeness (QED) is 0.130. The van der Waals surface area contributed by atoms with E-state index in [9.17, 15) is 24.0 Å². The van der Waals surface area contributed by atoms with Crippen molar-refractivity contribution < 1.29 is 34.2 Å². The molecule has 0 fully saturated rings. The third-order valence-electron chi connectivity index (χ3n) is 3.58. The Morgan fingerprint density at radius 3 is 2.11 bits per heavy atom. The molecule has 160 valence electrons. The normalized spacial score (nSPS) is 13.7. The third-order valence-corrected chi connectivity index (χ3v) is 3.58. The predicted molar refractivity (Wildman–Crippen MR) is 96.3 cm³/mol. The van der Waals surface area contributed by atoms with Crippen molar-refractivity contribution in [2.45, 2.75) is 43.8 Å². The number of carbonyl (C=O) groups excluding carboxylic acids is 4. The second-order valence-corrected chi connectivity index (χ2v) is 5.98. The number of amides is 4. The monoisotopic (exact) mass is 404 g/mol. The number of nitrogens with two attached hydrogens (primary N) is 3. The number of unbranched alkanes of at least 4 members (excludes halogenated alkanes) is 1. The molecular formula is C15H28N6O7. The highest BCUT2D eigenvalue weighted by molar-refractivity contribution is 5.93. The second-order valence-electron chi connectivity index (χ2n) is 5.98. The number of aliphatic hydroxyl groups excluding tert-OH is 1. The summed E-state index contributed by atoms with van der Waals surface area (Å²) in [5.74, 6) is -4.52. The van der Waals surface area contributed by atoms with Gasteiger partial charge in [0.25, 0.3) is 0 Å². The van der Waals surface area contributed by atoms with Crippen molar-refractivity contribution in [3.8, 4) is 0 Å². The van der Waals surface area contributed by atoms with Crippen LogP contribution in [-0.4, -0.2) is 77.6 Å². The Bertz CT molecular complexity index is 571. The molecule has 13 nitrogen and oxygen atoms in total. The van der Waals surface area contributed by atoms with Crippen molar-refractivity contribution in [3.63, 3.8) is 0 Å². The van der Waals surface area contributed by atoms with Crippen LogP contribution in [0, 0.1) is 0 Å². The second kappa shape index (κ2) is 13.4. The molecule has 28 heavy (non-hydrogen) atoms. The molecule has 13 heteroatoms. The highest BCUT2D eigenvalue weighted by Gasteiger charge is 2.25. The van der Waals surface area contributed by atoms with Gasteiger partial charge in [0.15, 0.2) is 0 Å². The molecule has 3 atom stereocenters. The standard InChI is InChI=1S/C15H28N6O7/c16-4-2-1-3-9(21-13(25)8(17)5-11(18)23)14(26)19-6-12(24)20-10(7-22)15(27)28/h8-10,22H,1-7,16-17H2,(H2,18,23)(H,19,26)(H,20,24)(H,21,25)(H,27,28). The Kier molecular flexibility index (Phi) is 12.1. The van der Waals surface area contributed by atoms with E-state index >= 15 is 0 Å². The number of hydrogen-bond acceptors (Lipinski definition) is 8. The van der Waals surface area contributed by atoms with Crippen LogP contribution in [0.5, 0.6) is 0 Å². The number of primary amides is 1. The van der Waals surface area contributed by atoms with Gasteiger partial charge >= 0.3 is 5.97 Å². The Hall–Kier alpha value is -2.77. The molecule has 4 amide bonds. The minimum absolute atomic E-state index is 0.202. The van der Waals surface area contributed by atoms with E-state index in [1.165, 1.54) is 0 Å². The van der Waals surface area contributed by atoms with Gasteiger partial charge in [0.2, 0.25) is 23.6 Å². The molecule has 0 aromatic rings. The lowest BCUT2D eigenvalue weighted by molar-refractivity contribution is -0.142. The molecule has 0 saturated heterocycles. The Labute approximate surface area is 161 Å². The summed E-state index contributed by atoms with van der Waals surface area (Å²) < 4.78 is 0. The number of carboxylic acids is 1. The molecule has 0 bridgehead atoms. The molecule has 0 aliphatic rings. The Morgan fingerprint density at radius 1 is 0.964 bits per heavy atom. The molecule has 0 rings (SSSR count). The van der Waals surface area contributed by atoms with Crippen LogP contribution >= 0.6 is 0 Å². The van der Waals surface area contributed by atoms with E-state index < -0.39 is 67.3 Å². The van der Waals surface area contributed by atoms with Gasteiger partial charge in [0.1, 0.15) is 12.1 Å². The van der Waals surface area contributed by atoms with Gasteiger partial charge < -0.3 is 43.4 Å². The fraction of sp³-hybridized carbons (Fsp3) is 0.667. The fourth-order valence-corrected chi connectivity index (χ4v) is 2.07. The molecule has 0 spiro atoms. The van der Waals surface area contributed by atoms with Gasteiger partial charge in [-0.2, -0.15) is 0 Å². The number of hydrogen-bond donors (Lipinski definition) is 8. The summed E-state index contributed by atoms with van der Waals surface area (Å²) in [5.41, 5.74) is 15.9. The van der Waals surface area contributed by atoms with E-state index in [4.69, 9.17) is 27.4 Å². The molecule has 11 N–H and O–H groups in total. The average Bonchev–Trinajstić information content (AvgIpc) is 2.62. The molecule has 0 aliphatic heterocycles. The summed E-state index contributed by atoms with van der Waals surface area (Å²) in [4.78, 5) is 57.6. The average molecular weight is 404 g/mol. The topological polar surface area (TPSA) is 240 Å². The van der Waals surface area contributed by atoms with Crippen LogP contribution in [0.4, 0.5) is 0 Å². The summed E-state index contributed by atoms with van der Waals surface area (Å²) in [6.07, 6.45) is 0.888. The van der Waals surface area contributed by atoms with Gasteiger partial charge in [-0.1, -0.05) is 0 Å². The van der Waals surface area contributed by atoms with Crippen LogP contribution in [0.1, 0.15) is 25.7 Å². The van der Waals surface area contributed by atoms with E-state index in [1.807, 2.05) is 5.32 Å². The van der Waals surface area contributed by atoms with Gasteiger partial charge in [0, 0.05) is 0 Å². The lowest BCUT2D eigenvalue weighted by atomic mass is 10.1. The first-order chi connectivity index (χ1) is 13.1. The number of carbonyl (C=O) groups is 5. The first kappa shape index (κ1) is 25.2. The summed E-state index contributed by atoms with van der Waals surface area (Å²) in [5, 5.41) is 24.3. The SMILES string of the molecule is NCCCCC(NC(=O)C(N)CC(N)=O)C(=O)NCC(=O)NC(CO)C(=O)O. The van der Waals surface area contributed by atoms with Crippen LogP contribution < -0.4 is 33.2 Å². The van der Waals surface area contributed by atoms with Crippen molar-refractivity contribution >= 4 is 29.6 Å². The summed E-state index contributed by atoms with van der Waals surface area (Å²) in [6.45, 7) is -1.01. The van der Waals surface area contributed by atoms with E-state index in [2.05, 4.69) is 10.6 Å².